The van der Waals surface area contributed by atoms with E-state index in [1.807, 2.05) is 49.4 Å². The first kappa shape index (κ1) is 34.2. The highest BCUT2D eigenvalue weighted by Crippen LogP contribution is 2.37. The van der Waals surface area contributed by atoms with Crippen LogP contribution in [0.3, 0.4) is 0 Å². The van der Waals surface area contributed by atoms with Crippen LogP contribution in [-0.4, -0.2) is 50.5 Å². The average molecular weight is 698 g/mol. The minimum atomic E-state index is -0.397. The highest BCUT2D eigenvalue weighted by molar-refractivity contribution is 5.99. The van der Waals surface area contributed by atoms with Crippen LogP contribution in [0.4, 0.5) is 31.9 Å². The zero-order valence-corrected chi connectivity index (χ0v) is 28.6. The number of carbonyl (C=O) groups is 1. The quantitative estimate of drug-likeness (QED) is 0.181. The Balaban J connectivity index is 0.000000162. The lowest BCUT2D eigenvalue weighted by Gasteiger charge is -2.21. The molecular formula is C40H37F2N9O. The molecule has 3 aromatic carbocycles. The first-order valence-electron chi connectivity index (χ1n) is 17.1. The number of aryl methyl sites for hydroxylation is 1. The van der Waals surface area contributed by atoms with Gasteiger partial charge in [0.2, 0.25) is 5.91 Å². The van der Waals surface area contributed by atoms with Crippen LogP contribution in [0.15, 0.2) is 97.7 Å². The molecule has 0 bridgehead atoms. The Bertz CT molecular complexity index is 2220. The lowest BCUT2D eigenvalue weighted by Crippen LogP contribution is -2.24. The third-order valence-electron chi connectivity index (χ3n) is 9.16. The van der Waals surface area contributed by atoms with E-state index >= 15 is 0 Å². The number of benzene rings is 3. The van der Waals surface area contributed by atoms with Crippen molar-refractivity contribution in [2.24, 2.45) is 0 Å². The summed E-state index contributed by atoms with van der Waals surface area (Å²) >= 11 is 0. The monoisotopic (exact) mass is 697 g/mol. The van der Waals surface area contributed by atoms with Crippen molar-refractivity contribution >= 4 is 29.0 Å². The number of amides is 1. The van der Waals surface area contributed by atoms with Crippen LogP contribution in [0.2, 0.25) is 0 Å². The SMILES string of the molecule is Cc1ccc(N2CCCC2=O)c(-c2ccc(-c3cnc(N)cn3)c(F)c2)c1.Nc1cnc(-c2ccc(-c3cccnc3N3CCCC3)cc2F)cn1. The second kappa shape index (κ2) is 14.9. The van der Waals surface area contributed by atoms with E-state index < -0.39 is 5.82 Å². The predicted octanol–water partition coefficient (Wildman–Crippen LogP) is 7.49. The van der Waals surface area contributed by atoms with E-state index in [0.717, 1.165) is 58.8 Å². The van der Waals surface area contributed by atoms with Gasteiger partial charge in [-0.3, -0.25) is 14.8 Å². The summed E-state index contributed by atoms with van der Waals surface area (Å²) in [5, 5.41) is 0. The van der Waals surface area contributed by atoms with E-state index in [2.05, 4.69) is 29.8 Å². The molecule has 12 heteroatoms. The van der Waals surface area contributed by atoms with E-state index in [1.165, 1.54) is 49.8 Å². The molecule has 0 aliphatic carbocycles. The van der Waals surface area contributed by atoms with Gasteiger partial charge in [0, 0.05) is 54.5 Å². The summed E-state index contributed by atoms with van der Waals surface area (Å²) in [5.41, 5.74) is 17.9. The molecule has 0 atom stereocenters. The molecule has 0 spiro atoms. The molecule has 10 nitrogen and oxygen atoms in total. The lowest BCUT2D eigenvalue weighted by atomic mass is 9.98. The number of nitrogen functional groups attached to an aromatic ring is 2. The molecule has 52 heavy (non-hydrogen) atoms. The summed E-state index contributed by atoms with van der Waals surface area (Å²) in [6, 6.07) is 19.9. The fraction of sp³-hybridized carbons (Fsp3) is 0.200. The third kappa shape index (κ3) is 7.27. The smallest absolute Gasteiger partial charge is 0.227 e. The van der Waals surface area contributed by atoms with Gasteiger partial charge in [0.1, 0.15) is 29.1 Å². The fourth-order valence-corrected chi connectivity index (χ4v) is 6.56. The molecule has 0 radical (unpaired) electrons. The maximum atomic E-state index is 14.8. The minimum Gasteiger partial charge on any atom is -0.382 e. The Morgan fingerprint density at radius 2 is 1.25 bits per heavy atom. The lowest BCUT2D eigenvalue weighted by molar-refractivity contribution is -0.117. The predicted molar refractivity (Wildman–Crippen MR) is 200 cm³/mol. The number of rotatable bonds is 6. The van der Waals surface area contributed by atoms with Gasteiger partial charge >= 0.3 is 0 Å². The van der Waals surface area contributed by atoms with Gasteiger partial charge in [0.15, 0.2) is 0 Å². The van der Waals surface area contributed by atoms with Crippen LogP contribution in [0.25, 0.3) is 44.8 Å². The molecule has 3 aromatic heterocycles. The first-order valence-corrected chi connectivity index (χ1v) is 17.1. The van der Waals surface area contributed by atoms with E-state index in [1.54, 1.807) is 23.2 Å². The number of halogens is 2. The summed E-state index contributed by atoms with van der Waals surface area (Å²) in [6.07, 6.45) is 11.3. The van der Waals surface area contributed by atoms with Crippen molar-refractivity contribution in [3.63, 3.8) is 0 Å². The van der Waals surface area contributed by atoms with E-state index in [-0.39, 0.29) is 17.5 Å². The normalized spacial score (nSPS) is 14.0. The maximum Gasteiger partial charge on any atom is 0.227 e. The summed E-state index contributed by atoms with van der Waals surface area (Å²) < 4.78 is 29.5. The number of anilines is 4. The summed E-state index contributed by atoms with van der Waals surface area (Å²) in [6.45, 7) is 4.65. The average Bonchev–Trinajstić information content (AvgIpc) is 3.85. The third-order valence-corrected chi connectivity index (χ3v) is 9.16. The molecule has 5 heterocycles. The van der Waals surface area contributed by atoms with Gasteiger partial charge in [0.05, 0.1) is 41.9 Å². The largest absolute Gasteiger partial charge is 0.382 e. The van der Waals surface area contributed by atoms with Crippen molar-refractivity contribution in [2.45, 2.75) is 32.6 Å². The van der Waals surface area contributed by atoms with E-state index in [4.69, 9.17) is 11.5 Å². The summed E-state index contributed by atoms with van der Waals surface area (Å²) in [7, 11) is 0. The number of hydrogen-bond acceptors (Lipinski definition) is 9. The Labute approximate surface area is 300 Å². The standard InChI is InChI=1S/C21H19FN4O.C19H18FN5/c1-13-4-7-19(26-8-2-3-21(26)27)16(9-13)14-5-6-15(17(22)10-14)18-11-25-20(23)12-24-18;20-16-10-13(5-6-15(16)17-11-24-18(21)12-23-17)14-4-3-7-22-19(14)25-8-1-2-9-25/h4-7,9-12H,2-3,8H2,1H3,(H2,23,25);3-7,10-12H,1-2,8-9H2,(H2,21,24). The molecule has 2 aliphatic heterocycles. The second-order valence-corrected chi connectivity index (χ2v) is 12.8. The van der Waals surface area contributed by atoms with Gasteiger partial charge in [-0.1, -0.05) is 23.8 Å². The number of aromatic nitrogens is 5. The Morgan fingerprint density at radius 3 is 1.79 bits per heavy atom. The van der Waals surface area contributed by atoms with Crippen LogP contribution in [0.1, 0.15) is 31.2 Å². The number of nitrogens with two attached hydrogens (primary N) is 2. The zero-order chi connectivity index (χ0) is 36.2. The van der Waals surface area contributed by atoms with Crippen molar-refractivity contribution in [2.75, 3.05) is 40.9 Å². The van der Waals surface area contributed by atoms with Gasteiger partial charge in [-0.2, -0.15) is 0 Å². The molecule has 6 aromatic rings. The molecule has 4 N–H and O–H groups in total. The molecule has 0 unspecified atom stereocenters. The van der Waals surface area contributed by atoms with Crippen LogP contribution in [-0.2, 0) is 4.79 Å². The van der Waals surface area contributed by atoms with Gasteiger partial charge in [-0.05, 0) is 85.8 Å². The summed E-state index contributed by atoms with van der Waals surface area (Å²) in [5.74, 6) is 0.884. The van der Waals surface area contributed by atoms with Crippen molar-refractivity contribution in [1.82, 2.24) is 24.9 Å². The molecule has 2 saturated heterocycles. The van der Waals surface area contributed by atoms with Gasteiger partial charge in [-0.15, -0.1) is 0 Å². The first-order chi connectivity index (χ1) is 25.2. The van der Waals surface area contributed by atoms with E-state index in [9.17, 15) is 13.6 Å². The van der Waals surface area contributed by atoms with Gasteiger partial charge in [-0.25, -0.2) is 23.7 Å². The summed E-state index contributed by atoms with van der Waals surface area (Å²) in [4.78, 5) is 37.0. The number of pyridine rings is 1. The Morgan fingerprint density at radius 1 is 0.635 bits per heavy atom. The van der Waals surface area contributed by atoms with E-state index in [0.29, 0.717) is 41.3 Å². The van der Waals surface area contributed by atoms with Gasteiger partial charge < -0.3 is 21.3 Å². The van der Waals surface area contributed by atoms with Crippen molar-refractivity contribution in [3.05, 3.63) is 115 Å². The highest BCUT2D eigenvalue weighted by Gasteiger charge is 2.25. The zero-order valence-electron chi connectivity index (χ0n) is 28.6. The maximum absolute atomic E-state index is 14.8. The highest BCUT2D eigenvalue weighted by atomic mass is 19.1. The molecule has 8 rings (SSSR count). The Kier molecular flexibility index (Phi) is 9.79. The van der Waals surface area contributed by atoms with Gasteiger partial charge in [0.25, 0.3) is 0 Å². The molecule has 1 amide bonds. The number of carbonyl (C=O) groups excluding carboxylic acids is 1. The fourth-order valence-electron chi connectivity index (χ4n) is 6.56. The molecule has 262 valence electrons. The molecular weight excluding hydrogens is 660 g/mol. The molecule has 2 fully saturated rings. The molecule has 2 aliphatic rings. The van der Waals surface area contributed by atoms with Crippen LogP contribution >= 0.6 is 0 Å². The Hall–Kier alpha value is -6.30. The topological polar surface area (TPSA) is 140 Å². The number of hydrogen-bond donors (Lipinski definition) is 2. The van der Waals surface area contributed by atoms with Crippen LogP contribution in [0.5, 0.6) is 0 Å². The van der Waals surface area contributed by atoms with Crippen LogP contribution < -0.4 is 21.3 Å². The van der Waals surface area contributed by atoms with Crippen molar-refractivity contribution in [1.29, 1.82) is 0 Å². The van der Waals surface area contributed by atoms with Crippen molar-refractivity contribution in [3.8, 4) is 44.8 Å². The van der Waals surface area contributed by atoms with Crippen molar-refractivity contribution < 1.29 is 13.6 Å². The number of nitrogens with zero attached hydrogens (tertiary/aromatic N) is 7. The molecule has 0 saturated carbocycles. The minimum absolute atomic E-state index is 0.106. The van der Waals surface area contributed by atoms with Crippen LogP contribution in [0, 0.1) is 18.6 Å². The second-order valence-electron chi connectivity index (χ2n) is 12.8.